The molecule has 0 aliphatic heterocycles. The molecule has 0 unspecified atom stereocenters. The molecule has 4 aromatic rings. The van der Waals surface area contributed by atoms with Crippen LogP contribution in [0, 0.1) is 13.8 Å². The number of fused-ring (bicyclic) bond motifs is 2. The minimum Gasteiger partial charge on any atom is -0.478 e. The third-order valence-corrected chi connectivity index (χ3v) is 8.22. The van der Waals surface area contributed by atoms with E-state index in [0.717, 1.165) is 40.3 Å². The van der Waals surface area contributed by atoms with Gasteiger partial charge < -0.3 is 14.3 Å². The lowest BCUT2D eigenvalue weighted by Crippen LogP contribution is -2.40. The number of esters is 1. The number of carboxylic acid groups (broad SMARTS) is 1. The molecule has 2 N–H and O–H groups in total. The standard InChI is InChI=1S/C32H36N2O7S/c1-6-14-33-27-11-8-7-10-25(27)29(32(37)41-30-21(2)17-24(31(35)36)18-22(30)3)26-19-23(12-13-28(26)33)20-34(4,5)15-9-16-42(38,39)40/h7-8,10-13,17-19H,6,9,14-16,20H2,1-5H3/p+2. The smallest absolute Gasteiger partial charge is 0.345 e. The van der Waals surface area contributed by atoms with Crippen LogP contribution in [-0.2, 0) is 23.2 Å². The van der Waals surface area contributed by atoms with Gasteiger partial charge in [0.25, 0.3) is 10.1 Å². The van der Waals surface area contributed by atoms with Crippen molar-refractivity contribution < 1.29 is 41.5 Å². The Bertz CT molecular complexity index is 1770. The minimum absolute atomic E-state index is 0.128. The highest BCUT2D eigenvalue weighted by Gasteiger charge is 2.27. The molecule has 0 saturated heterocycles. The van der Waals surface area contributed by atoms with Gasteiger partial charge in [-0.3, -0.25) is 4.55 Å². The van der Waals surface area contributed by atoms with Crippen LogP contribution in [0.4, 0.5) is 0 Å². The van der Waals surface area contributed by atoms with Gasteiger partial charge >= 0.3 is 11.9 Å². The van der Waals surface area contributed by atoms with Crippen LogP contribution in [0.3, 0.4) is 0 Å². The van der Waals surface area contributed by atoms with Crippen molar-refractivity contribution in [2.75, 3.05) is 26.4 Å². The van der Waals surface area contributed by atoms with E-state index >= 15 is 0 Å². The quantitative estimate of drug-likeness (QED) is 0.0620. The maximum atomic E-state index is 14.0. The van der Waals surface area contributed by atoms with Crippen LogP contribution in [-0.4, -0.2) is 60.9 Å². The second-order valence-corrected chi connectivity index (χ2v) is 13.1. The average Bonchev–Trinajstić information content (AvgIpc) is 2.89. The Morgan fingerprint density at radius 3 is 2.21 bits per heavy atom. The van der Waals surface area contributed by atoms with Crippen molar-refractivity contribution in [3.05, 3.63) is 82.4 Å². The van der Waals surface area contributed by atoms with Gasteiger partial charge in [-0.25, -0.2) is 9.59 Å². The molecule has 0 atom stereocenters. The summed E-state index contributed by atoms with van der Waals surface area (Å²) in [7, 11) is -0.0396. The van der Waals surface area contributed by atoms with Gasteiger partial charge in [-0.05, 0) is 55.3 Å². The number of hydrogen-bond donors (Lipinski definition) is 2. The Morgan fingerprint density at radius 1 is 0.952 bits per heavy atom. The number of quaternary nitrogens is 1. The van der Waals surface area contributed by atoms with Gasteiger partial charge in [0.2, 0.25) is 11.0 Å². The highest BCUT2D eigenvalue weighted by atomic mass is 32.2. The van der Waals surface area contributed by atoms with E-state index in [0.29, 0.717) is 46.4 Å². The molecule has 4 rings (SSSR count). The first-order valence-corrected chi connectivity index (χ1v) is 15.5. The van der Waals surface area contributed by atoms with Gasteiger partial charge in [0, 0.05) is 30.5 Å². The topological polar surface area (TPSA) is 122 Å². The van der Waals surface area contributed by atoms with Crippen molar-refractivity contribution in [1.29, 1.82) is 0 Å². The lowest BCUT2D eigenvalue weighted by atomic mass is 9.99. The van der Waals surface area contributed by atoms with E-state index in [4.69, 9.17) is 9.29 Å². The fourth-order valence-electron chi connectivity index (χ4n) is 5.62. The van der Waals surface area contributed by atoms with Crippen molar-refractivity contribution in [2.24, 2.45) is 0 Å². The molecule has 0 saturated carbocycles. The largest absolute Gasteiger partial charge is 0.478 e. The molecule has 0 fully saturated rings. The van der Waals surface area contributed by atoms with E-state index in [9.17, 15) is 23.1 Å². The molecule has 42 heavy (non-hydrogen) atoms. The number of carbonyl (C=O) groups excluding carboxylic acids is 1. The number of hydrogen-bond acceptors (Lipinski definition) is 5. The number of aromatic carboxylic acids is 1. The summed E-state index contributed by atoms with van der Waals surface area (Å²) < 4.78 is 40.3. The predicted octanol–water partition coefficient (Wildman–Crippen LogP) is 5.08. The van der Waals surface area contributed by atoms with Crippen LogP contribution in [0.1, 0.15) is 57.2 Å². The maximum Gasteiger partial charge on any atom is 0.345 e. The fraction of sp³-hybridized carbons (Fsp3) is 0.344. The first kappa shape index (κ1) is 31.1. The molecule has 0 spiro atoms. The molecule has 222 valence electrons. The summed E-state index contributed by atoms with van der Waals surface area (Å²) in [6, 6.07) is 16.8. The van der Waals surface area contributed by atoms with E-state index in [1.54, 1.807) is 13.8 Å². The predicted molar refractivity (Wildman–Crippen MR) is 161 cm³/mol. The lowest BCUT2D eigenvalue weighted by molar-refractivity contribution is -0.903. The molecule has 1 aromatic heterocycles. The molecule has 1 heterocycles. The summed E-state index contributed by atoms with van der Waals surface area (Å²) in [5.74, 6) is -1.54. The SMILES string of the molecule is CCC[n+]1c2ccccc2c(C(=O)Oc2c(C)cc(C(=O)O)cc2C)c2cc(C[N+](C)(C)CCCS(=O)(=O)O)ccc21. The number of nitrogens with zero attached hydrogens (tertiary/aromatic N) is 2. The number of ether oxygens (including phenoxy) is 1. The minimum atomic E-state index is -4.03. The Balaban J connectivity index is 1.84. The molecule has 10 heteroatoms. The van der Waals surface area contributed by atoms with Gasteiger partial charge in [0.15, 0.2) is 0 Å². The van der Waals surface area contributed by atoms with Crippen molar-refractivity contribution >= 4 is 43.9 Å². The summed E-state index contributed by atoms with van der Waals surface area (Å²) in [6.45, 7) is 7.40. The van der Waals surface area contributed by atoms with E-state index in [2.05, 4.69) is 11.5 Å². The molecule has 0 aliphatic carbocycles. The van der Waals surface area contributed by atoms with E-state index in [1.165, 1.54) is 12.1 Å². The highest BCUT2D eigenvalue weighted by Crippen LogP contribution is 2.31. The van der Waals surface area contributed by atoms with Gasteiger partial charge in [0.05, 0.1) is 48.3 Å². The van der Waals surface area contributed by atoms with Crippen molar-refractivity contribution in [3.8, 4) is 5.75 Å². The van der Waals surface area contributed by atoms with Crippen molar-refractivity contribution in [3.63, 3.8) is 0 Å². The summed E-state index contributed by atoms with van der Waals surface area (Å²) in [4.78, 5) is 25.6. The zero-order chi connectivity index (χ0) is 30.8. The van der Waals surface area contributed by atoms with Crippen LogP contribution >= 0.6 is 0 Å². The van der Waals surface area contributed by atoms with Crippen molar-refractivity contribution in [1.82, 2.24) is 0 Å². The Morgan fingerprint density at radius 2 is 1.60 bits per heavy atom. The first-order chi connectivity index (χ1) is 19.7. The van der Waals surface area contributed by atoms with Gasteiger partial charge in [-0.15, -0.1) is 0 Å². The molecule has 0 radical (unpaired) electrons. The molecular weight excluding hydrogens is 556 g/mol. The first-order valence-electron chi connectivity index (χ1n) is 13.9. The number of benzene rings is 3. The zero-order valence-electron chi connectivity index (χ0n) is 24.7. The monoisotopic (exact) mass is 594 g/mol. The van der Waals surface area contributed by atoms with Gasteiger partial charge in [-0.1, -0.05) is 19.1 Å². The second-order valence-electron chi connectivity index (χ2n) is 11.5. The Labute approximate surface area is 246 Å². The Kier molecular flexibility index (Phi) is 9.01. The van der Waals surface area contributed by atoms with Crippen LogP contribution < -0.4 is 9.30 Å². The normalized spacial score (nSPS) is 12.1. The highest BCUT2D eigenvalue weighted by molar-refractivity contribution is 7.85. The van der Waals surface area contributed by atoms with Crippen LogP contribution in [0.25, 0.3) is 21.8 Å². The third kappa shape index (κ3) is 6.95. The van der Waals surface area contributed by atoms with Crippen molar-refractivity contribution in [2.45, 2.75) is 46.7 Å². The molecule has 3 aromatic carbocycles. The number of pyridine rings is 1. The lowest BCUT2D eigenvalue weighted by Gasteiger charge is -2.30. The number of para-hydroxylation sites is 1. The van der Waals surface area contributed by atoms with E-state index < -0.39 is 22.1 Å². The number of aromatic nitrogens is 1. The summed E-state index contributed by atoms with van der Waals surface area (Å²) in [5, 5.41) is 10.9. The number of aryl methyl sites for hydroxylation is 3. The fourth-order valence-corrected chi connectivity index (χ4v) is 6.12. The number of rotatable bonds is 11. The third-order valence-electron chi connectivity index (χ3n) is 7.41. The van der Waals surface area contributed by atoms with Gasteiger partial charge in [0.1, 0.15) is 18.8 Å². The second kappa shape index (κ2) is 12.2. The average molecular weight is 595 g/mol. The summed E-state index contributed by atoms with van der Waals surface area (Å²) in [6.07, 6.45) is 1.21. The van der Waals surface area contributed by atoms with E-state index in [1.807, 2.05) is 56.6 Å². The number of carbonyl (C=O) groups is 2. The van der Waals surface area contributed by atoms with E-state index in [-0.39, 0.29) is 11.3 Å². The van der Waals surface area contributed by atoms with Crippen LogP contribution in [0.5, 0.6) is 5.75 Å². The summed E-state index contributed by atoms with van der Waals surface area (Å²) in [5.41, 5.74) is 4.41. The molecule has 9 nitrogen and oxygen atoms in total. The Hall–Kier alpha value is -3.86. The molecule has 0 amide bonds. The molecule has 0 bridgehead atoms. The molecule has 0 aliphatic rings. The summed E-state index contributed by atoms with van der Waals surface area (Å²) >= 11 is 0. The van der Waals surface area contributed by atoms with Crippen LogP contribution in [0.15, 0.2) is 54.6 Å². The van der Waals surface area contributed by atoms with Gasteiger partial charge in [-0.2, -0.15) is 13.0 Å². The number of carboxylic acids is 1. The maximum absolute atomic E-state index is 14.0. The van der Waals surface area contributed by atoms with Crippen LogP contribution in [0.2, 0.25) is 0 Å². The zero-order valence-corrected chi connectivity index (χ0v) is 25.5. The molecular formula is C32H38N2O7S+2.